The fourth-order valence-electron chi connectivity index (χ4n) is 3.57. The lowest BCUT2D eigenvalue weighted by molar-refractivity contribution is -0.118. The maximum atomic E-state index is 13.1. The van der Waals surface area contributed by atoms with E-state index in [9.17, 15) is 4.79 Å². The number of para-hydroxylation sites is 1. The molecular weight excluding hydrogens is 330 g/mol. The van der Waals surface area contributed by atoms with Gasteiger partial charge in [0.05, 0.1) is 27.8 Å². The molecule has 0 saturated heterocycles. The van der Waals surface area contributed by atoms with E-state index in [0.29, 0.717) is 17.2 Å². The van der Waals surface area contributed by atoms with Crippen molar-refractivity contribution in [3.05, 3.63) is 47.5 Å². The lowest BCUT2D eigenvalue weighted by Crippen LogP contribution is -2.42. The predicted octanol–water partition coefficient (Wildman–Crippen LogP) is 3.62. The van der Waals surface area contributed by atoms with Gasteiger partial charge in [-0.1, -0.05) is 18.2 Å². The van der Waals surface area contributed by atoms with Crippen LogP contribution < -0.4 is 19.1 Å². The van der Waals surface area contributed by atoms with Crippen LogP contribution in [0.5, 0.6) is 17.2 Å². The Hall–Kier alpha value is -2.69. The Bertz CT molecular complexity index is 777. The van der Waals surface area contributed by atoms with Gasteiger partial charge in [-0.05, 0) is 49.1 Å². The van der Waals surface area contributed by atoms with E-state index in [-0.39, 0.29) is 18.4 Å². The van der Waals surface area contributed by atoms with Crippen LogP contribution in [-0.4, -0.2) is 33.3 Å². The minimum atomic E-state index is 0.0684. The van der Waals surface area contributed by atoms with Gasteiger partial charge in [0.25, 0.3) is 0 Å². The number of hydrogen-bond donors (Lipinski definition) is 0. The van der Waals surface area contributed by atoms with Crippen molar-refractivity contribution in [2.75, 3.05) is 26.2 Å². The third kappa shape index (κ3) is 3.34. The molecule has 0 radical (unpaired) electrons. The average molecular weight is 355 g/mol. The molecule has 1 heterocycles. The van der Waals surface area contributed by atoms with Crippen molar-refractivity contribution in [3.63, 3.8) is 0 Å². The number of rotatable bonds is 5. The molecule has 0 fully saturated rings. The van der Waals surface area contributed by atoms with E-state index in [0.717, 1.165) is 24.1 Å². The molecule has 0 saturated carbocycles. The van der Waals surface area contributed by atoms with Crippen LogP contribution in [0, 0.1) is 0 Å². The number of fused-ring (bicyclic) bond motifs is 1. The first-order valence-corrected chi connectivity index (χ1v) is 8.77. The van der Waals surface area contributed by atoms with Crippen LogP contribution in [0.3, 0.4) is 0 Å². The molecule has 138 valence electrons. The zero-order valence-corrected chi connectivity index (χ0v) is 15.7. The number of nitrogens with zero attached hydrogens (tertiary/aromatic N) is 1. The Morgan fingerprint density at radius 3 is 2.35 bits per heavy atom. The van der Waals surface area contributed by atoms with Gasteiger partial charge in [-0.3, -0.25) is 4.79 Å². The van der Waals surface area contributed by atoms with Gasteiger partial charge in [0.2, 0.25) is 11.7 Å². The van der Waals surface area contributed by atoms with Crippen molar-refractivity contribution in [2.45, 2.75) is 32.2 Å². The first kappa shape index (κ1) is 18.1. The Morgan fingerprint density at radius 1 is 1.08 bits per heavy atom. The first-order valence-electron chi connectivity index (χ1n) is 8.77. The normalized spacial score (nSPS) is 16.0. The number of hydrogen-bond acceptors (Lipinski definition) is 4. The summed E-state index contributed by atoms with van der Waals surface area (Å²) in [4.78, 5) is 15.0. The maximum Gasteiger partial charge on any atom is 0.231 e. The molecule has 1 atom stereocenters. The summed E-state index contributed by atoms with van der Waals surface area (Å²) in [6.45, 7) is 2.10. The van der Waals surface area contributed by atoms with E-state index in [4.69, 9.17) is 14.2 Å². The van der Waals surface area contributed by atoms with Crippen molar-refractivity contribution in [1.29, 1.82) is 0 Å². The predicted molar refractivity (Wildman–Crippen MR) is 102 cm³/mol. The van der Waals surface area contributed by atoms with Crippen molar-refractivity contribution in [2.24, 2.45) is 0 Å². The van der Waals surface area contributed by atoms with Gasteiger partial charge < -0.3 is 19.1 Å². The molecule has 3 rings (SSSR count). The SMILES string of the molecule is COc1cc(CC(=O)N2c3ccccc3CCC2C)cc(OC)c1OC. The third-order valence-electron chi connectivity index (χ3n) is 4.87. The highest BCUT2D eigenvalue weighted by Gasteiger charge is 2.28. The largest absolute Gasteiger partial charge is 0.493 e. The number of anilines is 1. The molecule has 1 aliphatic heterocycles. The molecule has 0 aromatic heterocycles. The lowest BCUT2D eigenvalue weighted by atomic mass is 9.95. The fraction of sp³-hybridized carbons (Fsp3) is 0.381. The standard InChI is InChI=1S/C21H25NO4/c1-14-9-10-16-7-5-6-8-17(16)22(14)20(23)13-15-11-18(24-2)21(26-4)19(12-15)25-3/h5-8,11-12,14H,9-10,13H2,1-4H3. The second kappa shape index (κ2) is 7.68. The number of methoxy groups -OCH3 is 3. The quantitative estimate of drug-likeness (QED) is 0.822. The van der Waals surface area contributed by atoms with Crippen LogP contribution in [0.4, 0.5) is 5.69 Å². The van der Waals surface area contributed by atoms with Gasteiger partial charge >= 0.3 is 0 Å². The monoisotopic (exact) mass is 355 g/mol. The molecule has 1 aliphatic rings. The van der Waals surface area contributed by atoms with Crippen molar-refractivity contribution < 1.29 is 19.0 Å². The van der Waals surface area contributed by atoms with Gasteiger partial charge in [-0.25, -0.2) is 0 Å². The Kier molecular flexibility index (Phi) is 5.35. The summed E-state index contributed by atoms with van der Waals surface area (Å²) in [6, 6.07) is 12.0. The van der Waals surface area contributed by atoms with Gasteiger partial charge in [0.15, 0.2) is 11.5 Å². The van der Waals surface area contributed by atoms with E-state index in [1.807, 2.05) is 35.2 Å². The average Bonchev–Trinajstić information content (AvgIpc) is 2.66. The van der Waals surface area contributed by atoms with Crippen LogP contribution in [0.2, 0.25) is 0 Å². The van der Waals surface area contributed by atoms with Crippen LogP contribution in [0.25, 0.3) is 0 Å². The van der Waals surface area contributed by atoms with Crippen molar-refractivity contribution in [1.82, 2.24) is 0 Å². The Morgan fingerprint density at radius 2 is 1.73 bits per heavy atom. The highest BCUT2D eigenvalue weighted by molar-refractivity contribution is 5.96. The first-order chi connectivity index (χ1) is 12.6. The number of aryl methyl sites for hydroxylation is 1. The van der Waals surface area contributed by atoms with Crippen LogP contribution in [0.1, 0.15) is 24.5 Å². The van der Waals surface area contributed by atoms with Gasteiger partial charge in [0, 0.05) is 11.7 Å². The molecule has 5 nitrogen and oxygen atoms in total. The zero-order valence-electron chi connectivity index (χ0n) is 15.7. The van der Waals surface area contributed by atoms with E-state index in [2.05, 4.69) is 13.0 Å². The Balaban J connectivity index is 1.91. The summed E-state index contributed by atoms with van der Waals surface area (Å²) in [5, 5.41) is 0. The summed E-state index contributed by atoms with van der Waals surface area (Å²) in [7, 11) is 4.72. The molecular formula is C21H25NO4. The number of carbonyl (C=O) groups excluding carboxylic acids is 1. The molecule has 0 spiro atoms. The second-order valence-corrected chi connectivity index (χ2v) is 6.49. The number of benzene rings is 2. The molecule has 1 amide bonds. The third-order valence-corrected chi connectivity index (χ3v) is 4.87. The van der Waals surface area contributed by atoms with Crippen molar-refractivity contribution >= 4 is 11.6 Å². The minimum Gasteiger partial charge on any atom is -0.493 e. The smallest absolute Gasteiger partial charge is 0.231 e. The van der Waals surface area contributed by atoms with Crippen LogP contribution >= 0.6 is 0 Å². The summed E-state index contributed by atoms with van der Waals surface area (Å²) in [5.41, 5.74) is 3.08. The molecule has 5 heteroatoms. The van der Waals surface area contributed by atoms with Crippen molar-refractivity contribution in [3.8, 4) is 17.2 Å². The molecule has 2 aromatic rings. The minimum absolute atomic E-state index is 0.0684. The van der Waals surface area contributed by atoms with Gasteiger partial charge in [-0.2, -0.15) is 0 Å². The molecule has 2 aromatic carbocycles. The zero-order chi connectivity index (χ0) is 18.7. The molecule has 26 heavy (non-hydrogen) atoms. The highest BCUT2D eigenvalue weighted by atomic mass is 16.5. The highest BCUT2D eigenvalue weighted by Crippen LogP contribution is 2.39. The summed E-state index contributed by atoms with van der Waals surface area (Å²) in [5.74, 6) is 1.71. The summed E-state index contributed by atoms with van der Waals surface area (Å²) in [6.07, 6.45) is 2.25. The maximum absolute atomic E-state index is 13.1. The fourth-order valence-corrected chi connectivity index (χ4v) is 3.57. The van der Waals surface area contributed by atoms with E-state index in [1.165, 1.54) is 5.56 Å². The molecule has 0 N–H and O–H groups in total. The molecule has 0 bridgehead atoms. The number of amides is 1. The van der Waals surface area contributed by atoms with Crippen LogP contribution in [0.15, 0.2) is 36.4 Å². The molecule has 0 aliphatic carbocycles. The van der Waals surface area contributed by atoms with E-state index < -0.39 is 0 Å². The lowest BCUT2D eigenvalue weighted by Gasteiger charge is -2.35. The molecule has 1 unspecified atom stereocenters. The second-order valence-electron chi connectivity index (χ2n) is 6.49. The van der Waals surface area contributed by atoms with Crippen LogP contribution in [-0.2, 0) is 17.6 Å². The number of carbonyl (C=O) groups is 1. The topological polar surface area (TPSA) is 48.0 Å². The Labute approximate surface area is 154 Å². The van der Waals surface area contributed by atoms with Gasteiger partial charge in [-0.15, -0.1) is 0 Å². The summed E-state index contributed by atoms with van der Waals surface area (Å²) < 4.78 is 16.1. The van der Waals surface area contributed by atoms with Gasteiger partial charge in [0.1, 0.15) is 0 Å². The summed E-state index contributed by atoms with van der Waals surface area (Å²) >= 11 is 0. The van der Waals surface area contributed by atoms with E-state index >= 15 is 0 Å². The number of ether oxygens (including phenoxy) is 3. The van der Waals surface area contributed by atoms with E-state index in [1.54, 1.807) is 21.3 Å².